The van der Waals surface area contributed by atoms with Crippen molar-refractivity contribution in [3.05, 3.63) is 76.3 Å². The van der Waals surface area contributed by atoms with Gasteiger partial charge in [-0.2, -0.15) is 4.98 Å². The average Bonchev–Trinajstić information content (AvgIpc) is 3.18. The highest BCUT2D eigenvalue weighted by molar-refractivity contribution is 7.80. The maximum absolute atomic E-state index is 6.08. The number of hydrogen-bond donors (Lipinski definition) is 1. The van der Waals surface area contributed by atoms with E-state index < -0.39 is 0 Å². The molecule has 0 radical (unpaired) electrons. The summed E-state index contributed by atoms with van der Waals surface area (Å²) < 4.78 is 5.71. The number of aryl methyl sites for hydroxylation is 1. The number of hydrogen-bond acceptors (Lipinski definition) is 4. The van der Waals surface area contributed by atoms with Crippen molar-refractivity contribution in [3.8, 4) is 11.4 Å². The SMILES string of the molecule is CCN1C(=S)NC(c2ccc(Cl)cc2)C(c2nc(-c3ccc(C)cc3)no2)=C1C. The van der Waals surface area contributed by atoms with E-state index >= 15 is 0 Å². The smallest absolute Gasteiger partial charge is 0.258 e. The summed E-state index contributed by atoms with van der Waals surface area (Å²) in [6.45, 7) is 6.88. The number of benzene rings is 2. The van der Waals surface area contributed by atoms with Gasteiger partial charge in [-0.25, -0.2) is 0 Å². The lowest BCUT2D eigenvalue weighted by Gasteiger charge is -2.36. The van der Waals surface area contributed by atoms with E-state index in [-0.39, 0.29) is 6.04 Å². The molecule has 0 fully saturated rings. The molecular weight excluding hydrogens is 404 g/mol. The van der Waals surface area contributed by atoms with Gasteiger partial charge >= 0.3 is 0 Å². The molecule has 1 aromatic heterocycles. The van der Waals surface area contributed by atoms with Crippen LogP contribution in [0.2, 0.25) is 5.02 Å². The van der Waals surface area contributed by atoms with Crippen molar-refractivity contribution in [1.82, 2.24) is 20.4 Å². The Morgan fingerprint density at radius 1 is 1.10 bits per heavy atom. The van der Waals surface area contributed by atoms with Gasteiger partial charge < -0.3 is 14.7 Å². The molecule has 2 aromatic carbocycles. The summed E-state index contributed by atoms with van der Waals surface area (Å²) in [5.74, 6) is 1.04. The van der Waals surface area contributed by atoms with Gasteiger partial charge in [0.2, 0.25) is 5.82 Å². The Morgan fingerprint density at radius 3 is 2.45 bits per heavy atom. The van der Waals surface area contributed by atoms with Crippen LogP contribution in [-0.2, 0) is 0 Å². The number of nitrogens with zero attached hydrogens (tertiary/aromatic N) is 3. The zero-order valence-electron chi connectivity index (χ0n) is 16.4. The van der Waals surface area contributed by atoms with Crippen LogP contribution in [0.4, 0.5) is 0 Å². The number of aromatic nitrogens is 2. The average molecular weight is 425 g/mol. The Morgan fingerprint density at radius 2 is 1.79 bits per heavy atom. The van der Waals surface area contributed by atoms with Crippen LogP contribution in [0.1, 0.15) is 36.9 Å². The molecule has 3 aromatic rings. The molecule has 1 unspecified atom stereocenters. The zero-order valence-corrected chi connectivity index (χ0v) is 18.0. The summed E-state index contributed by atoms with van der Waals surface area (Å²) in [6.07, 6.45) is 0. The molecule has 0 aliphatic carbocycles. The summed E-state index contributed by atoms with van der Waals surface area (Å²) in [4.78, 5) is 6.73. The number of rotatable bonds is 4. The van der Waals surface area contributed by atoms with Crippen LogP contribution in [0.3, 0.4) is 0 Å². The molecule has 0 saturated carbocycles. The van der Waals surface area contributed by atoms with E-state index in [9.17, 15) is 0 Å². The van der Waals surface area contributed by atoms with Gasteiger partial charge in [0.25, 0.3) is 5.89 Å². The van der Waals surface area contributed by atoms with Crippen LogP contribution in [0.15, 0.2) is 58.8 Å². The summed E-state index contributed by atoms with van der Waals surface area (Å²) in [6, 6.07) is 15.6. The van der Waals surface area contributed by atoms with E-state index in [0.717, 1.165) is 28.9 Å². The molecule has 148 valence electrons. The van der Waals surface area contributed by atoms with E-state index in [1.54, 1.807) is 0 Å². The Bertz CT molecular complexity index is 1070. The first-order chi connectivity index (χ1) is 14.0. The molecular formula is C22H21ClN4OS. The van der Waals surface area contributed by atoms with Crippen LogP contribution >= 0.6 is 23.8 Å². The Labute approximate surface area is 180 Å². The fraction of sp³-hybridized carbons (Fsp3) is 0.227. The van der Waals surface area contributed by atoms with Gasteiger partial charge in [0, 0.05) is 22.8 Å². The monoisotopic (exact) mass is 424 g/mol. The molecule has 0 amide bonds. The van der Waals surface area contributed by atoms with Crippen LogP contribution in [-0.4, -0.2) is 26.7 Å². The zero-order chi connectivity index (χ0) is 20.5. The van der Waals surface area contributed by atoms with Crippen LogP contribution in [0.25, 0.3) is 17.0 Å². The lowest BCUT2D eigenvalue weighted by molar-refractivity contribution is 0.398. The highest BCUT2D eigenvalue weighted by Crippen LogP contribution is 2.37. The van der Waals surface area contributed by atoms with Crippen molar-refractivity contribution in [2.45, 2.75) is 26.8 Å². The van der Waals surface area contributed by atoms with Crippen LogP contribution < -0.4 is 5.32 Å². The summed E-state index contributed by atoms with van der Waals surface area (Å²) >= 11 is 11.7. The van der Waals surface area contributed by atoms with Crippen LogP contribution in [0, 0.1) is 6.92 Å². The predicted octanol–water partition coefficient (Wildman–Crippen LogP) is 5.38. The lowest BCUT2D eigenvalue weighted by Crippen LogP contribution is -2.45. The second-order valence-corrected chi connectivity index (χ2v) is 7.79. The summed E-state index contributed by atoms with van der Waals surface area (Å²) in [5.41, 5.74) is 5.03. The third kappa shape index (κ3) is 3.78. The largest absolute Gasteiger partial charge is 0.351 e. The second kappa shape index (κ2) is 7.97. The van der Waals surface area contributed by atoms with Crippen molar-refractivity contribution in [2.75, 3.05) is 6.54 Å². The molecule has 0 bridgehead atoms. The summed E-state index contributed by atoms with van der Waals surface area (Å²) in [5, 5.41) is 8.99. The lowest BCUT2D eigenvalue weighted by atomic mass is 9.95. The van der Waals surface area contributed by atoms with Gasteiger partial charge in [0.1, 0.15) is 0 Å². The van der Waals surface area contributed by atoms with E-state index in [1.165, 1.54) is 5.56 Å². The highest BCUT2D eigenvalue weighted by Gasteiger charge is 2.33. The fourth-order valence-electron chi connectivity index (χ4n) is 3.50. The third-order valence-electron chi connectivity index (χ3n) is 5.08. The maximum Gasteiger partial charge on any atom is 0.258 e. The molecule has 2 heterocycles. The quantitative estimate of drug-likeness (QED) is 0.567. The summed E-state index contributed by atoms with van der Waals surface area (Å²) in [7, 11) is 0. The van der Waals surface area contributed by atoms with Crippen molar-refractivity contribution in [3.63, 3.8) is 0 Å². The minimum absolute atomic E-state index is 0.200. The van der Waals surface area contributed by atoms with Gasteiger partial charge in [0.15, 0.2) is 5.11 Å². The number of nitrogens with one attached hydrogen (secondary N) is 1. The topological polar surface area (TPSA) is 54.2 Å². The maximum atomic E-state index is 6.08. The van der Waals surface area contributed by atoms with Crippen molar-refractivity contribution >= 4 is 34.5 Å². The Kier molecular flexibility index (Phi) is 5.39. The van der Waals surface area contributed by atoms with Crippen molar-refractivity contribution in [2.24, 2.45) is 0 Å². The predicted molar refractivity (Wildman–Crippen MR) is 119 cm³/mol. The molecule has 0 spiro atoms. The number of thiocarbonyl (C=S) groups is 1. The minimum atomic E-state index is -0.200. The van der Waals surface area contributed by atoms with Crippen molar-refractivity contribution < 1.29 is 4.52 Å². The van der Waals surface area contributed by atoms with Gasteiger partial charge in [-0.3, -0.25) is 0 Å². The molecule has 1 N–H and O–H groups in total. The van der Waals surface area contributed by atoms with Crippen molar-refractivity contribution in [1.29, 1.82) is 0 Å². The molecule has 1 aliphatic heterocycles. The Hall–Kier alpha value is -2.70. The molecule has 29 heavy (non-hydrogen) atoms. The number of allylic oxidation sites excluding steroid dienone is 1. The first-order valence-electron chi connectivity index (χ1n) is 9.43. The second-order valence-electron chi connectivity index (χ2n) is 6.97. The first-order valence-corrected chi connectivity index (χ1v) is 10.2. The van der Waals surface area contributed by atoms with Crippen LogP contribution in [0.5, 0.6) is 0 Å². The normalized spacial score (nSPS) is 16.9. The van der Waals surface area contributed by atoms with Gasteiger partial charge in [-0.05, 0) is 50.7 Å². The first kappa shape index (κ1) is 19.6. The molecule has 1 atom stereocenters. The van der Waals surface area contributed by atoms with Gasteiger partial charge in [-0.1, -0.05) is 58.7 Å². The molecule has 4 rings (SSSR count). The van der Waals surface area contributed by atoms with E-state index in [0.29, 0.717) is 21.9 Å². The Balaban J connectivity index is 1.80. The van der Waals surface area contributed by atoms with E-state index in [2.05, 4.69) is 17.4 Å². The molecule has 5 nitrogen and oxygen atoms in total. The molecule has 1 aliphatic rings. The van der Waals surface area contributed by atoms with E-state index in [4.69, 9.17) is 33.3 Å². The molecule has 7 heteroatoms. The highest BCUT2D eigenvalue weighted by atomic mass is 35.5. The van der Waals surface area contributed by atoms with Gasteiger partial charge in [-0.15, -0.1) is 0 Å². The third-order valence-corrected chi connectivity index (χ3v) is 5.67. The minimum Gasteiger partial charge on any atom is -0.351 e. The number of halogens is 1. The van der Waals surface area contributed by atoms with E-state index in [1.807, 2.05) is 67.3 Å². The standard InChI is InChI=1S/C22H21ClN4OS/c1-4-27-14(3)18(19(24-22(27)29)15-9-11-17(23)12-10-15)21-25-20(26-28-21)16-7-5-13(2)6-8-16/h5-12,19H,4H2,1-3H3,(H,24,29). The van der Waals surface area contributed by atoms with Gasteiger partial charge in [0.05, 0.1) is 11.6 Å². The molecule has 0 saturated heterocycles. The fourth-order valence-corrected chi connectivity index (χ4v) is 4.01.